The second-order valence-corrected chi connectivity index (χ2v) is 6.70. The van der Waals surface area contributed by atoms with Crippen LogP contribution in [0.5, 0.6) is 5.75 Å². The average molecular weight is 384 g/mol. The van der Waals surface area contributed by atoms with Gasteiger partial charge in [-0.15, -0.1) is 0 Å². The molecule has 0 spiro atoms. The summed E-state index contributed by atoms with van der Waals surface area (Å²) in [5.41, 5.74) is 2.62. The third-order valence-electron chi connectivity index (χ3n) is 4.38. The maximum Gasteiger partial charge on any atom is 0.270 e. The molecule has 27 heavy (non-hydrogen) atoms. The third kappa shape index (κ3) is 4.14. The summed E-state index contributed by atoms with van der Waals surface area (Å²) >= 11 is 6.36. The summed E-state index contributed by atoms with van der Waals surface area (Å²) < 4.78 is 6.89. The number of amides is 1. The highest BCUT2D eigenvalue weighted by atomic mass is 35.5. The summed E-state index contributed by atoms with van der Waals surface area (Å²) in [4.78, 5) is 12.8. The van der Waals surface area contributed by atoms with Gasteiger partial charge in [0.25, 0.3) is 5.91 Å². The SMILES string of the molecule is CC[C@H](C)NC(=O)c1cc(-c2cccc(OC)c2)nn1-c1ccccc1Cl. The van der Waals surface area contributed by atoms with E-state index in [1.165, 1.54) is 0 Å². The van der Waals surface area contributed by atoms with Crippen molar-refractivity contribution in [2.75, 3.05) is 7.11 Å². The van der Waals surface area contributed by atoms with E-state index in [-0.39, 0.29) is 11.9 Å². The van der Waals surface area contributed by atoms with Crippen LogP contribution in [-0.4, -0.2) is 28.8 Å². The van der Waals surface area contributed by atoms with Gasteiger partial charge in [0.05, 0.1) is 23.5 Å². The molecular weight excluding hydrogens is 362 g/mol. The van der Waals surface area contributed by atoms with Crippen LogP contribution in [0.2, 0.25) is 5.02 Å². The molecule has 2 aromatic carbocycles. The van der Waals surface area contributed by atoms with Crippen LogP contribution < -0.4 is 10.1 Å². The summed E-state index contributed by atoms with van der Waals surface area (Å²) in [6, 6.07) is 16.7. The Morgan fingerprint density at radius 3 is 2.70 bits per heavy atom. The van der Waals surface area contributed by atoms with Crippen LogP contribution in [0.1, 0.15) is 30.8 Å². The first-order chi connectivity index (χ1) is 13.0. The van der Waals surface area contributed by atoms with Crippen molar-refractivity contribution in [2.45, 2.75) is 26.3 Å². The molecule has 1 aromatic heterocycles. The maximum absolute atomic E-state index is 12.8. The Labute approximate surface area is 163 Å². The maximum atomic E-state index is 12.8. The first-order valence-corrected chi connectivity index (χ1v) is 9.21. The van der Waals surface area contributed by atoms with Gasteiger partial charge in [0, 0.05) is 11.6 Å². The van der Waals surface area contributed by atoms with Crippen LogP contribution in [-0.2, 0) is 0 Å². The van der Waals surface area contributed by atoms with Crippen LogP contribution in [0.25, 0.3) is 16.9 Å². The van der Waals surface area contributed by atoms with E-state index in [4.69, 9.17) is 16.3 Å². The molecule has 0 radical (unpaired) electrons. The molecule has 0 saturated heterocycles. The van der Waals surface area contributed by atoms with Gasteiger partial charge in [-0.1, -0.05) is 42.8 Å². The first kappa shape index (κ1) is 19.0. The molecule has 0 bridgehead atoms. The molecule has 0 aliphatic heterocycles. The van der Waals surface area contributed by atoms with Gasteiger partial charge < -0.3 is 10.1 Å². The van der Waals surface area contributed by atoms with E-state index in [1.54, 1.807) is 23.9 Å². The fraction of sp³-hybridized carbons (Fsp3) is 0.238. The lowest BCUT2D eigenvalue weighted by Gasteiger charge is -2.13. The zero-order valence-electron chi connectivity index (χ0n) is 15.6. The Morgan fingerprint density at radius 1 is 1.22 bits per heavy atom. The Balaban J connectivity index is 2.11. The van der Waals surface area contributed by atoms with E-state index in [2.05, 4.69) is 10.4 Å². The highest BCUT2D eigenvalue weighted by Crippen LogP contribution is 2.27. The number of hydrogen-bond acceptors (Lipinski definition) is 3. The molecule has 0 unspecified atom stereocenters. The van der Waals surface area contributed by atoms with Gasteiger partial charge in [0.2, 0.25) is 0 Å². The van der Waals surface area contributed by atoms with E-state index in [0.29, 0.717) is 22.1 Å². The molecule has 3 aromatic rings. The number of hydrogen-bond donors (Lipinski definition) is 1. The molecule has 3 rings (SSSR count). The van der Waals surface area contributed by atoms with Crippen molar-refractivity contribution in [1.29, 1.82) is 0 Å². The molecule has 1 heterocycles. The standard InChI is InChI=1S/C21H22ClN3O2/c1-4-14(2)23-21(26)20-13-18(15-8-7-9-16(12-15)27-3)24-25(20)19-11-6-5-10-17(19)22/h5-14H,4H2,1-3H3,(H,23,26)/t14-/m0/s1. The van der Waals surface area contributed by atoms with E-state index in [9.17, 15) is 4.79 Å². The van der Waals surface area contributed by atoms with Crippen molar-refractivity contribution in [3.63, 3.8) is 0 Å². The van der Waals surface area contributed by atoms with Crippen LogP contribution in [0, 0.1) is 0 Å². The fourth-order valence-electron chi connectivity index (χ4n) is 2.67. The summed E-state index contributed by atoms with van der Waals surface area (Å²) in [7, 11) is 1.62. The number of para-hydroxylation sites is 1. The molecule has 0 saturated carbocycles. The molecule has 1 atom stereocenters. The minimum Gasteiger partial charge on any atom is -0.497 e. The predicted octanol–water partition coefficient (Wildman–Crippen LogP) is 4.73. The number of rotatable bonds is 6. The van der Waals surface area contributed by atoms with Gasteiger partial charge in [0.15, 0.2) is 0 Å². The lowest BCUT2D eigenvalue weighted by molar-refractivity contribution is 0.0931. The Morgan fingerprint density at radius 2 is 2.00 bits per heavy atom. The molecule has 6 heteroatoms. The molecule has 140 valence electrons. The smallest absolute Gasteiger partial charge is 0.270 e. The number of nitrogens with zero attached hydrogens (tertiary/aromatic N) is 2. The van der Waals surface area contributed by atoms with Crippen molar-refractivity contribution >= 4 is 17.5 Å². The average Bonchev–Trinajstić information content (AvgIpc) is 3.13. The molecule has 0 aliphatic rings. The number of halogens is 1. The van der Waals surface area contributed by atoms with Gasteiger partial charge in [0.1, 0.15) is 11.4 Å². The van der Waals surface area contributed by atoms with Crippen molar-refractivity contribution in [3.8, 4) is 22.7 Å². The zero-order valence-corrected chi connectivity index (χ0v) is 16.3. The normalized spacial score (nSPS) is 11.9. The highest BCUT2D eigenvalue weighted by Gasteiger charge is 2.20. The van der Waals surface area contributed by atoms with Gasteiger partial charge in [-0.3, -0.25) is 4.79 Å². The van der Waals surface area contributed by atoms with E-state index < -0.39 is 0 Å². The number of methoxy groups -OCH3 is 1. The molecule has 0 fully saturated rings. The minimum atomic E-state index is -0.189. The van der Waals surface area contributed by atoms with E-state index in [1.807, 2.05) is 56.3 Å². The summed E-state index contributed by atoms with van der Waals surface area (Å²) in [6.45, 7) is 4.00. The molecule has 5 nitrogen and oxygen atoms in total. The summed E-state index contributed by atoms with van der Waals surface area (Å²) in [6.07, 6.45) is 0.842. The topological polar surface area (TPSA) is 56.1 Å². The third-order valence-corrected chi connectivity index (χ3v) is 4.70. The summed E-state index contributed by atoms with van der Waals surface area (Å²) in [5.74, 6) is 0.538. The number of aromatic nitrogens is 2. The number of ether oxygens (including phenoxy) is 1. The first-order valence-electron chi connectivity index (χ1n) is 8.83. The predicted molar refractivity (Wildman–Crippen MR) is 108 cm³/mol. The molecule has 1 N–H and O–H groups in total. The largest absolute Gasteiger partial charge is 0.497 e. The minimum absolute atomic E-state index is 0.0624. The molecular formula is C21H22ClN3O2. The van der Waals surface area contributed by atoms with Crippen molar-refractivity contribution in [2.24, 2.45) is 0 Å². The van der Waals surface area contributed by atoms with Crippen LogP contribution in [0.15, 0.2) is 54.6 Å². The van der Waals surface area contributed by atoms with E-state index >= 15 is 0 Å². The monoisotopic (exact) mass is 383 g/mol. The van der Waals surface area contributed by atoms with Gasteiger partial charge >= 0.3 is 0 Å². The Hall–Kier alpha value is -2.79. The molecule has 1 amide bonds. The van der Waals surface area contributed by atoms with Crippen LogP contribution >= 0.6 is 11.6 Å². The number of benzene rings is 2. The second kappa shape index (κ2) is 8.27. The van der Waals surface area contributed by atoms with Gasteiger partial charge in [-0.05, 0) is 43.7 Å². The fourth-order valence-corrected chi connectivity index (χ4v) is 2.89. The quantitative estimate of drug-likeness (QED) is 0.669. The lowest BCUT2D eigenvalue weighted by Crippen LogP contribution is -2.33. The zero-order chi connectivity index (χ0) is 19.4. The lowest BCUT2D eigenvalue weighted by atomic mass is 10.1. The number of carbonyl (C=O) groups excluding carboxylic acids is 1. The van der Waals surface area contributed by atoms with Crippen LogP contribution in [0.3, 0.4) is 0 Å². The molecule has 0 aliphatic carbocycles. The van der Waals surface area contributed by atoms with Crippen molar-refractivity contribution < 1.29 is 9.53 Å². The van der Waals surface area contributed by atoms with Crippen molar-refractivity contribution in [3.05, 3.63) is 65.3 Å². The van der Waals surface area contributed by atoms with Gasteiger partial charge in [-0.25, -0.2) is 4.68 Å². The highest BCUT2D eigenvalue weighted by molar-refractivity contribution is 6.32. The number of nitrogens with one attached hydrogen (secondary N) is 1. The van der Waals surface area contributed by atoms with Crippen molar-refractivity contribution in [1.82, 2.24) is 15.1 Å². The van der Waals surface area contributed by atoms with Gasteiger partial charge in [-0.2, -0.15) is 5.10 Å². The Kier molecular flexibility index (Phi) is 5.81. The van der Waals surface area contributed by atoms with Crippen LogP contribution in [0.4, 0.5) is 0 Å². The van der Waals surface area contributed by atoms with E-state index in [0.717, 1.165) is 17.7 Å². The summed E-state index contributed by atoms with van der Waals surface area (Å²) in [5, 5.41) is 8.18. The Bertz CT molecular complexity index is 952. The number of carbonyl (C=O) groups is 1. The second-order valence-electron chi connectivity index (χ2n) is 6.29.